The van der Waals surface area contributed by atoms with E-state index in [1.165, 1.54) is 11.1 Å². The maximum absolute atomic E-state index is 15.2. The monoisotopic (exact) mass is 539 g/mol. The molecule has 2 aromatic rings. The lowest BCUT2D eigenvalue weighted by Crippen LogP contribution is -2.51. The number of carbonyl (C=O) groups excluding carboxylic acids is 3. The zero-order valence-corrected chi connectivity index (χ0v) is 22.0. The highest BCUT2D eigenvalue weighted by Crippen LogP contribution is 2.37. The van der Waals surface area contributed by atoms with Crippen molar-refractivity contribution < 1.29 is 28.7 Å². The van der Waals surface area contributed by atoms with Gasteiger partial charge < -0.3 is 21.1 Å². The van der Waals surface area contributed by atoms with Crippen LogP contribution in [0.1, 0.15) is 65.2 Å². The van der Waals surface area contributed by atoms with Crippen molar-refractivity contribution in [2.24, 2.45) is 5.73 Å². The van der Waals surface area contributed by atoms with Gasteiger partial charge in [0.2, 0.25) is 18.2 Å². The molecule has 11 heteroatoms. The molecule has 1 aliphatic carbocycles. The van der Waals surface area contributed by atoms with E-state index < -0.39 is 11.9 Å². The smallest absolute Gasteiger partial charge is 0.290 e. The molecule has 1 atom stereocenters. The Bertz CT molecular complexity index is 1250. The zero-order valence-electron chi connectivity index (χ0n) is 22.0. The molecular weight excluding hydrogens is 505 g/mol. The fraction of sp³-hybridized carbons (Fsp3) is 0.393. The summed E-state index contributed by atoms with van der Waals surface area (Å²) in [5, 5.41) is 12.6. The van der Waals surface area contributed by atoms with Gasteiger partial charge >= 0.3 is 0 Å². The zero-order chi connectivity index (χ0) is 28.5. The van der Waals surface area contributed by atoms with Crippen LogP contribution in [0.15, 0.2) is 30.5 Å². The Morgan fingerprint density at radius 3 is 2.51 bits per heavy atom. The van der Waals surface area contributed by atoms with Gasteiger partial charge in [0.05, 0.1) is 5.69 Å². The number of piperidine rings is 1. The first kappa shape index (κ1) is 29.4. The van der Waals surface area contributed by atoms with Crippen LogP contribution in [0.3, 0.4) is 0 Å². The van der Waals surface area contributed by atoms with E-state index >= 15 is 4.39 Å². The first-order valence-corrected chi connectivity index (χ1v) is 12.7. The van der Waals surface area contributed by atoms with E-state index in [0.29, 0.717) is 35.6 Å². The number of hydrogen-bond donors (Lipinski definition) is 4. The summed E-state index contributed by atoms with van der Waals surface area (Å²) < 4.78 is 15.2. The molecule has 39 heavy (non-hydrogen) atoms. The van der Waals surface area contributed by atoms with Gasteiger partial charge in [-0.3, -0.25) is 29.5 Å². The lowest BCUT2D eigenvalue weighted by atomic mass is 9.76. The number of carboxylic acid groups (broad SMARTS) is 1. The molecule has 0 spiro atoms. The van der Waals surface area contributed by atoms with E-state index in [2.05, 4.69) is 23.6 Å². The fourth-order valence-electron chi connectivity index (χ4n) is 4.93. The molecule has 0 bridgehead atoms. The number of carbonyl (C=O) groups is 4. The Morgan fingerprint density at radius 2 is 1.87 bits per heavy atom. The molecule has 0 radical (unpaired) electrons. The fourth-order valence-corrected chi connectivity index (χ4v) is 4.93. The van der Waals surface area contributed by atoms with Gasteiger partial charge in [-0.25, -0.2) is 4.39 Å². The number of pyridine rings is 1. The van der Waals surface area contributed by atoms with Crippen LogP contribution in [0.4, 0.5) is 4.39 Å². The summed E-state index contributed by atoms with van der Waals surface area (Å²) in [6.07, 6.45) is 6.15. The van der Waals surface area contributed by atoms with Crippen molar-refractivity contribution in [1.82, 2.24) is 20.5 Å². The van der Waals surface area contributed by atoms with Gasteiger partial charge in [0.25, 0.3) is 6.47 Å². The minimum absolute atomic E-state index is 0.0985. The molecule has 1 saturated carbocycles. The SMILES string of the molecule is Cc1ccc(/C=C\N)nc1C1CC(NCc2ccc(CN(C=O)C3CCC(=O)NC3=O)c(C)c2F)C1.O=CO. The minimum atomic E-state index is -0.735. The standard InChI is InChI=1S/C27H32FN5O3.CH2O2/c1-16-3-6-21(9-10-29)31-26(16)20-11-22(12-20)30-13-18-4-5-19(17(2)25(18)28)14-33(15-34)23-7-8-24(35)32-27(23)36;2-1-3/h3-6,9-10,15,20,22-23,30H,7-8,11-14,29H2,1-2H3,(H,32,35,36);1H,(H,2,3)/b10-9-;. The normalized spacial score (nSPS) is 20.4. The van der Waals surface area contributed by atoms with Crippen LogP contribution in [0.2, 0.25) is 0 Å². The number of aryl methyl sites for hydroxylation is 1. The van der Waals surface area contributed by atoms with Gasteiger partial charge in [-0.2, -0.15) is 0 Å². The summed E-state index contributed by atoms with van der Waals surface area (Å²) >= 11 is 0. The highest BCUT2D eigenvalue weighted by atomic mass is 19.1. The molecule has 1 aromatic heterocycles. The van der Waals surface area contributed by atoms with Crippen molar-refractivity contribution in [3.8, 4) is 0 Å². The van der Waals surface area contributed by atoms with Crippen molar-refractivity contribution >= 4 is 30.8 Å². The van der Waals surface area contributed by atoms with Crippen molar-refractivity contribution in [2.75, 3.05) is 0 Å². The Morgan fingerprint density at radius 1 is 1.18 bits per heavy atom. The number of hydrogen-bond acceptors (Lipinski definition) is 7. The minimum Gasteiger partial charge on any atom is -0.483 e. The van der Waals surface area contributed by atoms with Crippen LogP contribution < -0.4 is 16.4 Å². The molecule has 1 unspecified atom stereocenters. The van der Waals surface area contributed by atoms with E-state index in [4.69, 9.17) is 20.6 Å². The van der Waals surface area contributed by atoms with Gasteiger partial charge in [-0.15, -0.1) is 0 Å². The largest absolute Gasteiger partial charge is 0.483 e. The van der Waals surface area contributed by atoms with Crippen molar-refractivity contribution in [1.29, 1.82) is 0 Å². The summed E-state index contributed by atoms with van der Waals surface area (Å²) in [6.45, 7) is 3.99. The number of nitrogens with zero attached hydrogens (tertiary/aromatic N) is 2. The highest BCUT2D eigenvalue weighted by molar-refractivity contribution is 6.00. The topological polar surface area (TPSA) is 155 Å². The predicted octanol–water partition coefficient (Wildman–Crippen LogP) is 2.27. The Balaban J connectivity index is 0.00000134. The second-order valence-corrected chi connectivity index (χ2v) is 9.72. The van der Waals surface area contributed by atoms with E-state index in [1.807, 2.05) is 6.07 Å². The molecule has 1 saturated heterocycles. The van der Waals surface area contributed by atoms with Crippen LogP contribution >= 0.6 is 0 Å². The first-order chi connectivity index (χ1) is 18.7. The van der Waals surface area contributed by atoms with Crippen LogP contribution in [0.5, 0.6) is 0 Å². The van der Waals surface area contributed by atoms with Crippen LogP contribution in [-0.4, -0.2) is 51.8 Å². The van der Waals surface area contributed by atoms with Gasteiger partial charge in [0, 0.05) is 42.7 Å². The number of halogens is 1. The molecule has 3 amide bonds. The predicted molar refractivity (Wildman–Crippen MR) is 142 cm³/mol. The van der Waals surface area contributed by atoms with Crippen LogP contribution in [0.25, 0.3) is 6.08 Å². The summed E-state index contributed by atoms with van der Waals surface area (Å²) in [6, 6.07) is 7.07. The van der Waals surface area contributed by atoms with Crippen molar-refractivity contribution in [3.05, 3.63) is 69.9 Å². The first-order valence-electron chi connectivity index (χ1n) is 12.7. The molecular formula is C28H34FN5O5. The van der Waals surface area contributed by atoms with Crippen LogP contribution in [-0.2, 0) is 32.3 Å². The second-order valence-electron chi connectivity index (χ2n) is 9.72. The van der Waals surface area contributed by atoms with Crippen molar-refractivity contribution in [3.63, 3.8) is 0 Å². The van der Waals surface area contributed by atoms with E-state index in [0.717, 1.165) is 29.8 Å². The van der Waals surface area contributed by atoms with E-state index in [-0.39, 0.29) is 43.6 Å². The highest BCUT2D eigenvalue weighted by Gasteiger charge is 2.33. The number of imide groups is 1. The molecule has 1 aromatic carbocycles. The average molecular weight is 540 g/mol. The Labute approximate surface area is 226 Å². The number of aromatic nitrogens is 1. The number of nitrogens with one attached hydrogen (secondary N) is 2. The number of amides is 3. The third kappa shape index (κ3) is 7.26. The molecule has 10 nitrogen and oxygen atoms in total. The van der Waals surface area contributed by atoms with Gasteiger partial charge in [-0.05, 0) is 68.1 Å². The van der Waals surface area contributed by atoms with Crippen molar-refractivity contribution in [2.45, 2.75) is 70.6 Å². The Kier molecular flexibility index (Phi) is 10.3. The lowest BCUT2D eigenvalue weighted by Gasteiger charge is -2.36. The summed E-state index contributed by atoms with van der Waals surface area (Å²) in [5.74, 6) is -0.792. The third-order valence-electron chi connectivity index (χ3n) is 7.21. The molecule has 2 heterocycles. The summed E-state index contributed by atoms with van der Waals surface area (Å²) in [4.78, 5) is 49.6. The number of benzene rings is 1. The summed E-state index contributed by atoms with van der Waals surface area (Å²) in [7, 11) is 0. The molecule has 2 aliphatic rings. The maximum Gasteiger partial charge on any atom is 0.290 e. The van der Waals surface area contributed by atoms with Gasteiger partial charge in [-0.1, -0.05) is 18.2 Å². The molecule has 5 N–H and O–H groups in total. The molecule has 2 fully saturated rings. The molecule has 208 valence electrons. The van der Waals surface area contributed by atoms with Gasteiger partial charge in [0.1, 0.15) is 11.9 Å². The average Bonchev–Trinajstić information content (AvgIpc) is 2.88. The number of nitrogens with two attached hydrogens (primary N) is 1. The van der Waals surface area contributed by atoms with E-state index in [9.17, 15) is 14.4 Å². The van der Waals surface area contributed by atoms with Gasteiger partial charge in [0.15, 0.2) is 0 Å². The molecule has 4 rings (SSSR count). The van der Waals surface area contributed by atoms with E-state index in [1.54, 1.807) is 25.1 Å². The molecule has 1 aliphatic heterocycles. The second kappa shape index (κ2) is 13.6. The Hall–Kier alpha value is -4.12. The lowest BCUT2D eigenvalue weighted by molar-refractivity contribution is -0.141. The summed E-state index contributed by atoms with van der Waals surface area (Å²) in [5.41, 5.74) is 10.2. The quantitative estimate of drug-likeness (QED) is 0.279. The number of rotatable bonds is 9. The van der Waals surface area contributed by atoms with Crippen LogP contribution in [0, 0.1) is 19.7 Å². The maximum atomic E-state index is 15.2. The third-order valence-corrected chi connectivity index (χ3v) is 7.21.